The molecule has 2 heterocycles. The van der Waals surface area contributed by atoms with Crippen LogP contribution in [0.2, 0.25) is 5.15 Å². The fourth-order valence-corrected chi connectivity index (χ4v) is 3.44. The molecule has 3 rings (SSSR count). The molecule has 108 valence electrons. The molecule has 0 radical (unpaired) electrons. The molecule has 5 heteroatoms. The van der Waals surface area contributed by atoms with Gasteiger partial charge in [-0.15, -0.1) is 11.3 Å². The third-order valence-corrected chi connectivity index (χ3v) is 4.62. The Morgan fingerprint density at radius 1 is 1.33 bits per heavy atom. The molecule has 0 fully saturated rings. The number of hydrogen-bond donors (Lipinski definition) is 1. The number of hydrogen-bond acceptors (Lipinski definition) is 3. The molecule has 21 heavy (non-hydrogen) atoms. The minimum atomic E-state index is -0.770. The zero-order valence-corrected chi connectivity index (χ0v) is 13.3. The summed E-state index contributed by atoms with van der Waals surface area (Å²) in [6, 6.07) is 9.95. The van der Waals surface area contributed by atoms with Gasteiger partial charge in [0.2, 0.25) is 0 Å². The Labute approximate surface area is 132 Å². The Kier molecular flexibility index (Phi) is 3.85. The van der Waals surface area contributed by atoms with E-state index in [0.29, 0.717) is 10.2 Å². The normalized spacial score (nSPS) is 12.6. The number of thiazole rings is 1. The summed E-state index contributed by atoms with van der Waals surface area (Å²) in [5, 5.41) is 13.4. The first-order valence-electron chi connectivity index (χ1n) is 6.57. The highest BCUT2D eigenvalue weighted by Gasteiger charge is 2.19. The minimum absolute atomic E-state index is 0.418. The molecular formula is C16H15ClN2OS. The fourth-order valence-electron chi connectivity index (χ4n) is 2.49. The number of halogens is 1. The molecule has 1 N–H and O–H groups in total. The van der Waals surface area contributed by atoms with E-state index >= 15 is 0 Å². The van der Waals surface area contributed by atoms with Crippen LogP contribution in [0.25, 0.3) is 11.3 Å². The summed E-state index contributed by atoms with van der Waals surface area (Å²) in [7, 11) is 2.01. The molecule has 3 aromatic rings. The van der Waals surface area contributed by atoms with Crippen molar-refractivity contribution < 1.29 is 5.11 Å². The van der Waals surface area contributed by atoms with Gasteiger partial charge in [0.25, 0.3) is 0 Å². The summed E-state index contributed by atoms with van der Waals surface area (Å²) in [4.78, 5) is 4.18. The molecule has 1 unspecified atom stereocenters. The van der Waals surface area contributed by atoms with E-state index in [1.165, 1.54) is 16.9 Å². The monoisotopic (exact) mass is 318 g/mol. The Morgan fingerprint density at radius 3 is 2.71 bits per heavy atom. The Balaban J connectivity index is 2.10. The Bertz CT molecular complexity index is 778. The Hall–Kier alpha value is -1.62. The van der Waals surface area contributed by atoms with Gasteiger partial charge in [0, 0.05) is 29.9 Å². The van der Waals surface area contributed by atoms with E-state index < -0.39 is 6.10 Å². The van der Waals surface area contributed by atoms with Gasteiger partial charge in [-0.1, -0.05) is 35.9 Å². The van der Waals surface area contributed by atoms with Crippen molar-refractivity contribution in [3.63, 3.8) is 0 Å². The molecule has 0 amide bonds. The lowest BCUT2D eigenvalue weighted by molar-refractivity contribution is 0.220. The summed E-state index contributed by atoms with van der Waals surface area (Å²) >= 11 is 7.23. The largest absolute Gasteiger partial charge is 0.381 e. The van der Waals surface area contributed by atoms with Gasteiger partial charge in [-0.3, -0.25) is 0 Å². The molecule has 0 aliphatic rings. The van der Waals surface area contributed by atoms with Crippen molar-refractivity contribution in [2.45, 2.75) is 13.0 Å². The van der Waals surface area contributed by atoms with Crippen LogP contribution in [0.1, 0.15) is 22.2 Å². The summed E-state index contributed by atoms with van der Waals surface area (Å²) in [6.07, 6.45) is 1.30. The van der Waals surface area contributed by atoms with Crippen LogP contribution in [0, 0.1) is 6.92 Å². The number of benzene rings is 1. The van der Waals surface area contributed by atoms with E-state index in [-0.39, 0.29) is 0 Å². The van der Waals surface area contributed by atoms with E-state index in [2.05, 4.69) is 28.7 Å². The summed E-state index contributed by atoms with van der Waals surface area (Å²) in [6.45, 7) is 2.06. The van der Waals surface area contributed by atoms with E-state index in [1.807, 2.05) is 31.3 Å². The van der Waals surface area contributed by atoms with Crippen molar-refractivity contribution >= 4 is 22.9 Å². The second kappa shape index (κ2) is 5.64. The second-order valence-corrected chi connectivity index (χ2v) is 6.29. The SMILES string of the molecule is Cc1cc(-c2ccccc2C(O)c2nc(Cl)cs2)n(C)c1. The van der Waals surface area contributed by atoms with Crippen molar-refractivity contribution in [1.29, 1.82) is 0 Å². The third kappa shape index (κ3) is 2.75. The zero-order chi connectivity index (χ0) is 15.0. The van der Waals surface area contributed by atoms with Gasteiger partial charge in [-0.2, -0.15) is 0 Å². The molecule has 0 aliphatic carbocycles. The number of rotatable bonds is 3. The van der Waals surface area contributed by atoms with Crippen LogP contribution in [0.15, 0.2) is 41.9 Å². The van der Waals surface area contributed by atoms with Crippen LogP contribution in [0.3, 0.4) is 0 Å². The van der Waals surface area contributed by atoms with Crippen molar-refractivity contribution in [3.05, 3.63) is 63.2 Å². The maximum Gasteiger partial charge on any atom is 0.140 e. The second-order valence-electron chi connectivity index (χ2n) is 5.01. The lowest BCUT2D eigenvalue weighted by Gasteiger charge is -2.14. The summed E-state index contributed by atoms with van der Waals surface area (Å²) < 4.78 is 2.07. The molecule has 3 nitrogen and oxygen atoms in total. The number of aryl methyl sites for hydroxylation is 2. The first-order chi connectivity index (χ1) is 10.1. The van der Waals surface area contributed by atoms with Gasteiger partial charge in [0.05, 0.1) is 0 Å². The third-order valence-electron chi connectivity index (χ3n) is 3.40. The van der Waals surface area contributed by atoms with Crippen LogP contribution in [0.4, 0.5) is 0 Å². The van der Waals surface area contributed by atoms with E-state index in [0.717, 1.165) is 16.8 Å². The number of nitrogens with zero attached hydrogens (tertiary/aromatic N) is 2. The van der Waals surface area contributed by atoms with Crippen LogP contribution < -0.4 is 0 Å². The fraction of sp³-hybridized carbons (Fsp3) is 0.188. The van der Waals surface area contributed by atoms with Gasteiger partial charge >= 0.3 is 0 Å². The van der Waals surface area contributed by atoms with Crippen LogP contribution in [0.5, 0.6) is 0 Å². The molecule has 0 spiro atoms. The molecule has 1 atom stereocenters. The van der Waals surface area contributed by atoms with Gasteiger partial charge in [-0.05, 0) is 24.1 Å². The number of aliphatic hydroxyl groups is 1. The highest BCUT2D eigenvalue weighted by Crippen LogP contribution is 2.34. The van der Waals surface area contributed by atoms with Gasteiger partial charge in [0.1, 0.15) is 16.3 Å². The van der Waals surface area contributed by atoms with Crippen LogP contribution >= 0.6 is 22.9 Å². The predicted octanol–water partition coefficient (Wildman–Crippen LogP) is 4.19. The quantitative estimate of drug-likeness (QED) is 0.786. The number of aliphatic hydroxyl groups excluding tert-OH is 1. The molecule has 0 saturated carbocycles. The maximum absolute atomic E-state index is 10.6. The number of aromatic nitrogens is 2. The average molecular weight is 319 g/mol. The van der Waals surface area contributed by atoms with E-state index in [1.54, 1.807) is 5.38 Å². The van der Waals surface area contributed by atoms with Crippen molar-refractivity contribution in [1.82, 2.24) is 9.55 Å². The lowest BCUT2D eigenvalue weighted by atomic mass is 10.00. The van der Waals surface area contributed by atoms with Crippen LogP contribution in [-0.4, -0.2) is 14.7 Å². The van der Waals surface area contributed by atoms with E-state index in [4.69, 9.17) is 11.6 Å². The minimum Gasteiger partial charge on any atom is -0.381 e. The zero-order valence-electron chi connectivity index (χ0n) is 11.7. The predicted molar refractivity (Wildman–Crippen MR) is 86.8 cm³/mol. The summed E-state index contributed by atoms with van der Waals surface area (Å²) in [5.41, 5.74) is 4.11. The van der Waals surface area contributed by atoms with Gasteiger partial charge in [-0.25, -0.2) is 4.98 Å². The molecule has 0 aliphatic heterocycles. The molecule has 2 aromatic heterocycles. The molecule has 0 saturated heterocycles. The van der Waals surface area contributed by atoms with Gasteiger partial charge < -0.3 is 9.67 Å². The standard InChI is InChI=1S/C16H15ClN2OS/c1-10-7-13(19(2)8-10)11-5-3-4-6-12(11)15(20)16-18-14(17)9-21-16/h3-9,15,20H,1-2H3. The smallest absolute Gasteiger partial charge is 0.140 e. The lowest BCUT2D eigenvalue weighted by Crippen LogP contribution is -2.02. The van der Waals surface area contributed by atoms with Crippen molar-refractivity contribution in [2.75, 3.05) is 0 Å². The molecular weight excluding hydrogens is 304 g/mol. The van der Waals surface area contributed by atoms with Crippen LogP contribution in [-0.2, 0) is 7.05 Å². The molecule has 0 bridgehead atoms. The summed E-state index contributed by atoms with van der Waals surface area (Å²) in [5.74, 6) is 0. The average Bonchev–Trinajstić information content (AvgIpc) is 3.04. The first kappa shape index (κ1) is 14.3. The van der Waals surface area contributed by atoms with E-state index in [9.17, 15) is 5.11 Å². The molecule has 1 aromatic carbocycles. The van der Waals surface area contributed by atoms with Crippen molar-refractivity contribution in [2.24, 2.45) is 7.05 Å². The first-order valence-corrected chi connectivity index (χ1v) is 7.83. The highest BCUT2D eigenvalue weighted by molar-refractivity contribution is 7.10. The highest BCUT2D eigenvalue weighted by atomic mass is 35.5. The topological polar surface area (TPSA) is 38.1 Å². The van der Waals surface area contributed by atoms with Gasteiger partial charge in [0.15, 0.2) is 0 Å². The maximum atomic E-state index is 10.6. The Morgan fingerprint density at radius 2 is 2.10 bits per heavy atom. The van der Waals surface area contributed by atoms with Crippen molar-refractivity contribution in [3.8, 4) is 11.3 Å².